The van der Waals surface area contributed by atoms with Gasteiger partial charge in [0.25, 0.3) is 0 Å². The second kappa shape index (κ2) is 7.77. The second-order valence-electron chi connectivity index (χ2n) is 5.93. The van der Waals surface area contributed by atoms with Crippen molar-refractivity contribution in [3.05, 3.63) is 41.5 Å². The van der Waals surface area contributed by atoms with Crippen molar-refractivity contribution in [3.8, 4) is 0 Å². The Labute approximate surface area is 148 Å². The number of carbonyl (C=O) groups is 1. The molecule has 1 atom stereocenters. The summed E-state index contributed by atoms with van der Waals surface area (Å²) in [5, 5.41) is 9.35. The Balaban J connectivity index is 2.09. The Morgan fingerprint density at radius 3 is 2.24 bits per heavy atom. The third-order valence-electron chi connectivity index (χ3n) is 4.24. The molecule has 0 fully saturated rings. The maximum absolute atomic E-state index is 12.5. The molecule has 136 valence electrons. The first kappa shape index (κ1) is 19.1. The standard InChI is InChI=1S/C17H24N4O3S/c1-5-13-7-9-14(10-8-13)18-17(22)12(3)25(23,24)11-16-20-19-15(6-2)21(16)4/h7-10,12H,5-6,11H2,1-4H3,(H,18,22). The summed E-state index contributed by atoms with van der Waals surface area (Å²) in [6, 6.07) is 7.35. The fourth-order valence-electron chi connectivity index (χ4n) is 2.37. The van der Waals surface area contributed by atoms with E-state index in [9.17, 15) is 13.2 Å². The van der Waals surface area contributed by atoms with Crippen molar-refractivity contribution in [2.24, 2.45) is 7.05 Å². The van der Waals surface area contributed by atoms with Gasteiger partial charge in [0.1, 0.15) is 22.7 Å². The van der Waals surface area contributed by atoms with Gasteiger partial charge in [-0.3, -0.25) is 4.79 Å². The van der Waals surface area contributed by atoms with Gasteiger partial charge < -0.3 is 9.88 Å². The third kappa shape index (κ3) is 4.45. The van der Waals surface area contributed by atoms with Crippen molar-refractivity contribution in [1.29, 1.82) is 0 Å². The minimum absolute atomic E-state index is 0.320. The van der Waals surface area contributed by atoms with E-state index in [1.807, 2.05) is 26.0 Å². The van der Waals surface area contributed by atoms with Crippen LogP contribution < -0.4 is 5.32 Å². The molecule has 0 spiro atoms. The number of nitrogens with zero attached hydrogens (tertiary/aromatic N) is 3. The zero-order valence-corrected chi connectivity index (χ0v) is 15.8. The summed E-state index contributed by atoms with van der Waals surface area (Å²) in [4.78, 5) is 12.3. The van der Waals surface area contributed by atoms with Crippen molar-refractivity contribution < 1.29 is 13.2 Å². The highest BCUT2D eigenvalue weighted by Gasteiger charge is 2.30. The molecule has 0 bridgehead atoms. The normalized spacial score (nSPS) is 12.8. The zero-order chi connectivity index (χ0) is 18.6. The molecule has 8 heteroatoms. The fraction of sp³-hybridized carbons (Fsp3) is 0.471. The molecule has 2 rings (SSSR count). The first-order valence-electron chi connectivity index (χ1n) is 8.27. The topological polar surface area (TPSA) is 93.9 Å². The summed E-state index contributed by atoms with van der Waals surface area (Å²) in [6.45, 7) is 5.35. The number of hydrogen-bond donors (Lipinski definition) is 1. The number of anilines is 1. The highest BCUT2D eigenvalue weighted by Crippen LogP contribution is 2.15. The van der Waals surface area contributed by atoms with E-state index in [0.29, 0.717) is 23.8 Å². The summed E-state index contributed by atoms with van der Waals surface area (Å²) in [5.74, 6) is 0.170. The molecule has 1 unspecified atom stereocenters. The molecule has 0 saturated heterocycles. The number of aromatic nitrogens is 3. The molecule has 1 aromatic carbocycles. The number of hydrogen-bond acceptors (Lipinski definition) is 5. The Morgan fingerprint density at radius 2 is 1.72 bits per heavy atom. The Morgan fingerprint density at radius 1 is 1.12 bits per heavy atom. The number of amides is 1. The molecule has 0 radical (unpaired) electrons. The van der Waals surface area contributed by atoms with Crippen LogP contribution >= 0.6 is 0 Å². The Hall–Kier alpha value is -2.22. The molecule has 0 saturated carbocycles. The van der Waals surface area contributed by atoms with Crippen LogP contribution in [0, 0.1) is 0 Å². The molecule has 1 aromatic heterocycles. The van der Waals surface area contributed by atoms with E-state index in [2.05, 4.69) is 15.5 Å². The highest BCUT2D eigenvalue weighted by molar-refractivity contribution is 7.92. The van der Waals surface area contributed by atoms with Gasteiger partial charge in [0, 0.05) is 19.2 Å². The van der Waals surface area contributed by atoms with Crippen molar-refractivity contribution in [3.63, 3.8) is 0 Å². The molecular formula is C17H24N4O3S. The molecule has 0 aliphatic carbocycles. The predicted molar refractivity (Wildman–Crippen MR) is 96.9 cm³/mol. The van der Waals surface area contributed by atoms with Crippen molar-refractivity contribution in [2.75, 3.05) is 5.32 Å². The molecule has 0 aliphatic rings. The lowest BCUT2D eigenvalue weighted by Gasteiger charge is -2.13. The number of benzene rings is 1. The predicted octanol–water partition coefficient (Wildman–Crippen LogP) is 1.88. The molecule has 25 heavy (non-hydrogen) atoms. The molecule has 7 nitrogen and oxygen atoms in total. The van der Waals surface area contributed by atoms with Crippen LogP contribution in [-0.2, 0) is 40.3 Å². The summed E-state index contributed by atoms with van der Waals surface area (Å²) >= 11 is 0. The number of rotatable bonds is 7. The number of aryl methyl sites for hydroxylation is 2. The highest BCUT2D eigenvalue weighted by atomic mass is 32.2. The molecule has 0 aliphatic heterocycles. The summed E-state index contributed by atoms with van der Waals surface area (Å²) in [7, 11) is -1.97. The number of carbonyl (C=O) groups excluding carboxylic acids is 1. The van der Waals surface area contributed by atoms with Gasteiger partial charge in [-0.2, -0.15) is 0 Å². The fourth-order valence-corrected chi connectivity index (χ4v) is 3.61. The van der Waals surface area contributed by atoms with E-state index in [4.69, 9.17) is 0 Å². The third-order valence-corrected chi connectivity index (χ3v) is 6.19. The number of nitrogens with one attached hydrogen (secondary N) is 1. The Bertz CT molecular complexity index is 841. The zero-order valence-electron chi connectivity index (χ0n) is 15.0. The first-order valence-corrected chi connectivity index (χ1v) is 9.98. The van der Waals surface area contributed by atoms with Gasteiger partial charge in [0.2, 0.25) is 5.91 Å². The van der Waals surface area contributed by atoms with E-state index in [-0.39, 0.29) is 5.75 Å². The van der Waals surface area contributed by atoms with Crippen LogP contribution in [0.1, 0.15) is 38.0 Å². The SMILES string of the molecule is CCc1ccc(NC(=O)C(C)S(=O)(=O)Cc2nnc(CC)n2C)cc1. The van der Waals surface area contributed by atoms with Gasteiger partial charge in [0.15, 0.2) is 9.84 Å². The van der Waals surface area contributed by atoms with Gasteiger partial charge in [-0.1, -0.05) is 26.0 Å². The van der Waals surface area contributed by atoms with E-state index in [1.165, 1.54) is 6.92 Å². The Kier molecular flexibility index (Phi) is 5.94. The van der Waals surface area contributed by atoms with Crippen LogP contribution in [0.3, 0.4) is 0 Å². The maximum Gasteiger partial charge on any atom is 0.242 e. The van der Waals surface area contributed by atoms with Crippen molar-refractivity contribution >= 4 is 21.4 Å². The smallest absolute Gasteiger partial charge is 0.242 e. The van der Waals surface area contributed by atoms with E-state index >= 15 is 0 Å². The lowest BCUT2D eigenvalue weighted by Crippen LogP contribution is -2.34. The average molecular weight is 364 g/mol. The van der Waals surface area contributed by atoms with E-state index < -0.39 is 21.0 Å². The lowest BCUT2D eigenvalue weighted by molar-refractivity contribution is -0.115. The molecule has 1 heterocycles. The molecular weight excluding hydrogens is 340 g/mol. The summed E-state index contributed by atoms with van der Waals surface area (Å²) in [5.41, 5.74) is 1.73. The van der Waals surface area contributed by atoms with E-state index in [0.717, 1.165) is 12.0 Å². The van der Waals surface area contributed by atoms with Gasteiger partial charge in [-0.05, 0) is 31.0 Å². The van der Waals surface area contributed by atoms with E-state index in [1.54, 1.807) is 23.7 Å². The first-order chi connectivity index (χ1) is 11.8. The van der Waals surface area contributed by atoms with Crippen LogP contribution in [0.2, 0.25) is 0 Å². The molecule has 1 amide bonds. The molecule has 2 aromatic rings. The second-order valence-corrected chi connectivity index (χ2v) is 8.26. The van der Waals surface area contributed by atoms with Crippen molar-refractivity contribution in [2.45, 2.75) is 44.6 Å². The summed E-state index contributed by atoms with van der Waals surface area (Å²) in [6.07, 6.45) is 1.56. The van der Waals surface area contributed by atoms with Crippen molar-refractivity contribution in [1.82, 2.24) is 14.8 Å². The van der Waals surface area contributed by atoms with Crippen LogP contribution in [0.25, 0.3) is 0 Å². The molecule has 1 N–H and O–H groups in total. The monoisotopic (exact) mass is 364 g/mol. The largest absolute Gasteiger partial charge is 0.325 e. The quantitative estimate of drug-likeness (QED) is 0.809. The van der Waals surface area contributed by atoms with Gasteiger partial charge in [-0.25, -0.2) is 8.42 Å². The van der Waals surface area contributed by atoms with Gasteiger partial charge in [0.05, 0.1) is 0 Å². The van der Waals surface area contributed by atoms with Crippen LogP contribution in [0.4, 0.5) is 5.69 Å². The minimum Gasteiger partial charge on any atom is -0.325 e. The van der Waals surface area contributed by atoms with Crippen LogP contribution in [-0.4, -0.2) is 34.3 Å². The van der Waals surface area contributed by atoms with Crippen LogP contribution in [0.15, 0.2) is 24.3 Å². The lowest BCUT2D eigenvalue weighted by atomic mass is 10.1. The van der Waals surface area contributed by atoms with Crippen LogP contribution in [0.5, 0.6) is 0 Å². The van der Waals surface area contributed by atoms with Gasteiger partial charge in [-0.15, -0.1) is 10.2 Å². The maximum atomic E-state index is 12.5. The summed E-state index contributed by atoms with van der Waals surface area (Å²) < 4.78 is 26.7. The minimum atomic E-state index is -3.70. The number of sulfone groups is 1. The van der Waals surface area contributed by atoms with Gasteiger partial charge >= 0.3 is 0 Å². The average Bonchev–Trinajstić information content (AvgIpc) is 2.94.